The van der Waals surface area contributed by atoms with E-state index in [2.05, 4.69) is 20.9 Å². The van der Waals surface area contributed by atoms with Crippen molar-refractivity contribution in [3.63, 3.8) is 0 Å². The summed E-state index contributed by atoms with van der Waals surface area (Å²) in [4.78, 5) is 75.8. The SMILES string of the molecule is CC(NC(=O)[C@@]12C[C@H]1C=CCCCCC[C@H](NC(=O)OC(C)(C)C)C(=O)N1C[C@H](OC(=O)N3Cc4cccc(F)c4C3)C[C@H]1C(=O)N2)c1ccncc1. The topological polar surface area (TPSA) is 159 Å². The van der Waals surface area contributed by atoms with Gasteiger partial charge in [0.2, 0.25) is 17.7 Å². The van der Waals surface area contributed by atoms with Gasteiger partial charge in [0.05, 0.1) is 19.1 Å². The summed E-state index contributed by atoms with van der Waals surface area (Å²) in [5, 5.41) is 8.78. The largest absolute Gasteiger partial charge is 0.444 e. The number of carbonyl (C=O) groups excluding carboxylic acids is 5. The van der Waals surface area contributed by atoms with Crippen LogP contribution >= 0.6 is 0 Å². The molecule has 0 bridgehead atoms. The Morgan fingerprint density at radius 1 is 1.08 bits per heavy atom. The first-order valence-electron chi connectivity index (χ1n) is 18.5. The lowest BCUT2D eigenvalue weighted by atomic mass is 10.0. The zero-order chi connectivity index (χ0) is 37.9. The van der Waals surface area contributed by atoms with Gasteiger partial charge in [-0.25, -0.2) is 14.0 Å². The molecule has 14 heteroatoms. The van der Waals surface area contributed by atoms with E-state index in [1.54, 1.807) is 45.3 Å². The van der Waals surface area contributed by atoms with Crippen LogP contribution in [0.5, 0.6) is 0 Å². The molecule has 284 valence electrons. The van der Waals surface area contributed by atoms with Crippen molar-refractivity contribution in [3.8, 4) is 0 Å². The average Bonchev–Trinajstić information content (AvgIpc) is 3.40. The fourth-order valence-corrected chi connectivity index (χ4v) is 7.40. The number of nitrogens with one attached hydrogen (secondary N) is 3. The summed E-state index contributed by atoms with van der Waals surface area (Å²) in [5.74, 6) is -2.11. The van der Waals surface area contributed by atoms with E-state index in [4.69, 9.17) is 9.47 Å². The highest BCUT2D eigenvalue weighted by molar-refractivity contribution is 5.98. The Bertz CT molecular complexity index is 1750. The number of ether oxygens (including phenoxy) is 2. The Morgan fingerprint density at radius 3 is 2.58 bits per heavy atom. The fraction of sp³-hybridized carbons (Fsp3) is 0.538. The molecule has 13 nitrogen and oxygen atoms in total. The third-order valence-electron chi connectivity index (χ3n) is 10.3. The molecule has 1 aromatic heterocycles. The van der Waals surface area contributed by atoms with E-state index in [0.29, 0.717) is 30.4 Å². The van der Waals surface area contributed by atoms with Crippen LogP contribution in [-0.4, -0.2) is 80.6 Å². The Morgan fingerprint density at radius 2 is 1.85 bits per heavy atom. The Balaban J connectivity index is 1.25. The number of fused-ring (bicyclic) bond motifs is 3. The quantitative estimate of drug-likeness (QED) is 0.370. The number of allylic oxidation sites excluding steroid dienone is 1. The molecule has 1 saturated heterocycles. The highest BCUT2D eigenvalue weighted by atomic mass is 19.1. The third kappa shape index (κ3) is 8.80. The Kier molecular flexibility index (Phi) is 11.1. The molecule has 0 radical (unpaired) electrons. The molecule has 1 saturated carbocycles. The zero-order valence-corrected chi connectivity index (χ0v) is 30.7. The van der Waals surface area contributed by atoms with Crippen LogP contribution in [0.2, 0.25) is 0 Å². The van der Waals surface area contributed by atoms with Gasteiger partial charge in [0.25, 0.3) is 0 Å². The summed E-state index contributed by atoms with van der Waals surface area (Å²) in [5.41, 5.74) is -0.105. The average molecular weight is 733 g/mol. The minimum atomic E-state index is -1.25. The smallest absolute Gasteiger partial charge is 0.410 e. The summed E-state index contributed by atoms with van der Waals surface area (Å²) in [6.45, 7) is 7.10. The van der Waals surface area contributed by atoms with E-state index in [1.807, 2.05) is 31.2 Å². The molecule has 4 aliphatic rings. The van der Waals surface area contributed by atoms with Crippen LogP contribution in [0.4, 0.5) is 14.0 Å². The molecule has 1 unspecified atom stereocenters. The van der Waals surface area contributed by atoms with E-state index in [9.17, 15) is 28.4 Å². The van der Waals surface area contributed by atoms with Gasteiger partial charge in [-0.3, -0.25) is 24.3 Å². The highest BCUT2D eigenvalue weighted by Gasteiger charge is 2.61. The number of hydrogen-bond acceptors (Lipinski definition) is 8. The Labute approximate surface area is 309 Å². The monoisotopic (exact) mass is 732 g/mol. The van der Waals surface area contributed by atoms with Crippen LogP contribution in [-0.2, 0) is 36.9 Å². The highest BCUT2D eigenvalue weighted by Crippen LogP contribution is 2.46. The molecule has 6 rings (SSSR count). The second-order valence-corrected chi connectivity index (χ2v) is 15.5. The maximum atomic E-state index is 14.4. The number of hydrogen-bond donors (Lipinski definition) is 3. The number of rotatable bonds is 5. The first kappa shape index (κ1) is 37.7. The van der Waals surface area contributed by atoms with E-state index in [1.165, 1.54) is 15.9 Å². The van der Waals surface area contributed by atoms with Crippen molar-refractivity contribution in [2.24, 2.45) is 5.92 Å². The van der Waals surface area contributed by atoms with Gasteiger partial charge in [0.1, 0.15) is 35.1 Å². The summed E-state index contributed by atoms with van der Waals surface area (Å²) in [6, 6.07) is 5.81. The predicted molar refractivity (Wildman–Crippen MR) is 191 cm³/mol. The number of halogens is 1. The molecule has 5 amide bonds. The fourth-order valence-electron chi connectivity index (χ4n) is 7.40. The lowest BCUT2D eigenvalue weighted by Gasteiger charge is -2.30. The van der Waals surface area contributed by atoms with Gasteiger partial charge in [-0.15, -0.1) is 0 Å². The van der Waals surface area contributed by atoms with Gasteiger partial charge in [-0.1, -0.05) is 37.1 Å². The molecule has 1 aromatic carbocycles. The van der Waals surface area contributed by atoms with Crippen molar-refractivity contribution in [1.29, 1.82) is 0 Å². The van der Waals surface area contributed by atoms with Crippen molar-refractivity contribution in [2.75, 3.05) is 6.54 Å². The maximum Gasteiger partial charge on any atom is 0.410 e. The van der Waals surface area contributed by atoms with Gasteiger partial charge in [-0.2, -0.15) is 0 Å². The van der Waals surface area contributed by atoms with Gasteiger partial charge in [0.15, 0.2) is 0 Å². The standard InChI is InChI=1S/C39H49FN6O7/c1-24(25-15-17-41-18-16-25)42-35(49)39-20-27(39)12-8-6-5-7-9-14-31(43-36(50)53-38(2,3)4)34(48)46-22-28(19-32(46)33(47)44-39)52-37(51)45-21-26-11-10-13-30(40)29(26)23-45/h8,10-13,15-18,24,27-28,31-32H,5-7,9,14,19-23H2,1-4H3,(H,42,49)(H,43,50)(H,44,47)/t24?,27-,28-,31+,32+,39-/m1/s1. The number of amides is 5. The van der Waals surface area contributed by atoms with Crippen LogP contribution in [0, 0.1) is 11.7 Å². The number of aromatic nitrogens is 1. The summed E-state index contributed by atoms with van der Waals surface area (Å²) in [6.07, 6.45) is 8.57. The first-order chi connectivity index (χ1) is 25.2. The Hall–Kier alpha value is -5.01. The van der Waals surface area contributed by atoms with E-state index < -0.39 is 59.1 Å². The molecule has 53 heavy (non-hydrogen) atoms. The van der Waals surface area contributed by atoms with Crippen molar-refractivity contribution >= 4 is 29.9 Å². The van der Waals surface area contributed by atoms with Crippen LogP contribution in [0.25, 0.3) is 0 Å². The van der Waals surface area contributed by atoms with Crippen LogP contribution < -0.4 is 16.0 Å². The minimum Gasteiger partial charge on any atom is -0.444 e. The molecule has 3 N–H and O–H groups in total. The van der Waals surface area contributed by atoms with Crippen molar-refractivity contribution < 1.29 is 37.8 Å². The molecular weight excluding hydrogens is 683 g/mol. The third-order valence-corrected chi connectivity index (χ3v) is 10.3. The molecule has 4 heterocycles. The molecule has 1 aliphatic carbocycles. The minimum absolute atomic E-state index is 0.0342. The number of pyridine rings is 1. The number of nitrogens with zero attached hydrogens (tertiary/aromatic N) is 3. The van der Waals surface area contributed by atoms with E-state index >= 15 is 0 Å². The predicted octanol–water partition coefficient (Wildman–Crippen LogP) is 4.81. The second-order valence-electron chi connectivity index (χ2n) is 15.5. The van der Waals surface area contributed by atoms with Gasteiger partial charge >= 0.3 is 12.2 Å². The van der Waals surface area contributed by atoms with Gasteiger partial charge in [-0.05, 0) is 82.7 Å². The molecule has 2 fully saturated rings. The molecule has 3 aliphatic heterocycles. The second kappa shape index (κ2) is 15.5. The summed E-state index contributed by atoms with van der Waals surface area (Å²) >= 11 is 0. The lowest BCUT2D eigenvalue weighted by molar-refractivity contribution is -0.141. The first-order valence-corrected chi connectivity index (χ1v) is 18.5. The van der Waals surface area contributed by atoms with Crippen LogP contribution in [0.3, 0.4) is 0 Å². The van der Waals surface area contributed by atoms with Gasteiger partial charge in [0, 0.05) is 36.8 Å². The lowest BCUT2D eigenvalue weighted by Crippen LogP contribution is -2.58. The number of benzene rings is 1. The zero-order valence-electron chi connectivity index (χ0n) is 30.7. The number of alkyl carbamates (subject to hydrolysis) is 1. The van der Waals surface area contributed by atoms with Crippen LogP contribution in [0.15, 0.2) is 54.9 Å². The maximum absolute atomic E-state index is 14.4. The molecule has 0 spiro atoms. The van der Waals surface area contributed by atoms with Crippen molar-refractivity contribution in [3.05, 3.63) is 77.4 Å². The van der Waals surface area contributed by atoms with Crippen molar-refractivity contribution in [1.82, 2.24) is 30.7 Å². The summed E-state index contributed by atoms with van der Waals surface area (Å²) < 4.78 is 25.8. The molecule has 6 atom stereocenters. The van der Waals surface area contributed by atoms with Gasteiger partial charge < -0.3 is 30.3 Å². The van der Waals surface area contributed by atoms with Crippen molar-refractivity contribution in [2.45, 2.75) is 121 Å². The van der Waals surface area contributed by atoms with Crippen LogP contribution in [0.1, 0.15) is 95.4 Å². The summed E-state index contributed by atoms with van der Waals surface area (Å²) in [7, 11) is 0. The normalized spacial score (nSPS) is 26.5. The van der Waals surface area contributed by atoms with E-state index in [-0.39, 0.29) is 43.9 Å². The number of carbonyl (C=O) groups is 5. The molecular formula is C39H49FN6O7. The molecule has 2 aromatic rings. The van der Waals surface area contributed by atoms with E-state index in [0.717, 1.165) is 24.8 Å².